The van der Waals surface area contributed by atoms with E-state index < -0.39 is 5.54 Å². The van der Waals surface area contributed by atoms with Gasteiger partial charge in [-0.1, -0.05) is 34.1 Å². The summed E-state index contributed by atoms with van der Waals surface area (Å²) >= 11 is 1.81. The third kappa shape index (κ3) is 3.48. The van der Waals surface area contributed by atoms with Crippen LogP contribution in [0.15, 0.2) is 0 Å². The zero-order valence-corrected chi connectivity index (χ0v) is 14.0. The lowest BCUT2D eigenvalue weighted by Gasteiger charge is -2.45. The SMILES string of the molecule is CCCC1C(=O)NC(CC)(CC)C(=O)N1CCSCC. The van der Waals surface area contributed by atoms with Gasteiger partial charge in [-0.3, -0.25) is 9.59 Å². The quantitative estimate of drug-likeness (QED) is 0.700. The topological polar surface area (TPSA) is 49.4 Å². The maximum absolute atomic E-state index is 12.8. The second-order valence-corrected chi connectivity index (χ2v) is 6.67. The fourth-order valence-corrected chi connectivity index (χ4v) is 3.40. The molecule has 0 saturated carbocycles. The van der Waals surface area contributed by atoms with Crippen molar-refractivity contribution < 1.29 is 9.59 Å². The second kappa shape index (κ2) is 7.91. The molecule has 1 aliphatic rings. The number of rotatable bonds is 8. The van der Waals surface area contributed by atoms with Crippen molar-refractivity contribution in [2.45, 2.75) is 65.0 Å². The summed E-state index contributed by atoms with van der Waals surface area (Å²) in [5.41, 5.74) is -0.682. The minimum Gasteiger partial charge on any atom is -0.340 e. The molecular formula is C15H28N2O2S. The summed E-state index contributed by atoms with van der Waals surface area (Å²) in [6, 6.07) is -0.281. The minimum absolute atomic E-state index is 0.0247. The Balaban J connectivity index is 2.94. The van der Waals surface area contributed by atoms with E-state index in [-0.39, 0.29) is 17.9 Å². The highest BCUT2D eigenvalue weighted by atomic mass is 32.2. The number of carbonyl (C=O) groups excluding carboxylic acids is 2. The van der Waals surface area contributed by atoms with Gasteiger partial charge in [-0.25, -0.2) is 0 Å². The molecule has 1 fully saturated rings. The monoisotopic (exact) mass is 300 g/mol. The van der Waals surface area contributed by atoms with E-state index in [1.807, 2.05) is 30.5 Å². The highest BCUT2D eigenvalue weighted by Crippen LogP contribution is 2.26. The van der Waals surface area contributed by atoms with Crippen LogP contribution in [0.1, 0.15) is 53.4 Å². The summed E-state index contributed by atoms with van der Waals surface area (Å²) in [7, 11) is 0. The van der Waals surface area contributed by atoms with Crippen LogP contribution < -0.4 is 5.32 Å². The average molecular weight is 300 g/mol. The molecule has 5 heteroatoms. The summed E-state index contributed by atoms with van der Waals surface area (Å²) in [6.07, 6.45) is 2.97. The Hall–Kier alpha value is -0.710. The molecule has 1 atom stereocenters. The van der Waals surface area contributed by atoms with Crippen LogP contribution in [0, 0.1) is 0 Å². The highest BCUT2D eigenvalue weighted by Gasteiger charge is 2.48. The third-order valence-electron chi connectivity index (χ3n) is 4.16. The van der Waals surface area contributed by atoms with Gasteiger partial charge in [-0.15, -0.1) is 0 Å². The molecule has 1 heterocycles. The lowest BCUT2D eigenvalue weighted by Crippen LogP contribution is -2.70. The molecule has 4 nitrogen and oxygen atoms in total. The average Bonchev–Trinajstić information content (AvgIpc) is 2.46. The lowest BCUT2D eigenvalue weighted by molar-refractivity contribution is -0.155. The van der Waals surface area contributed by atoms with Crippen LogP contribution in [0.2, 0.25) is 0 Å². The standard InChI is InChI=1S/C15H28N2O2S/c1-5-9-12-13(18)16-15(6-2,7-3)14(19)17(12)10-11-20-8-4/h12H,5-11H2,1-4H3,(H,16,18). The van der Waals surface area contributed by atoms with E-state index in [4.69, 9.17) is 0 Å². The van der Waals surface area contributed by atoms with Gasteiger partial charge in [0.05, 0.1) is 0 Å². The number of amides is 2. The van der Waals surface area contributed by atoms with Gasteiger partial charge in [0, 0.05) is 12.3 Å². The molecule has 0 aromatic carbocycles. The third-order valence-corrected chi connectivity index (χ3v) is 5.04. The molecule has 0 spiro atoms. The van der Waals surface area contributed by atoms with Crippen LogP contribution >= 0.6 is 11.8 Å². The number of hydrogen-bond donors (Lipinski definition) is 1. The molecule has 1 saturated heterocycles. The summed E-state index contributed by atoms with van der Waals surface area (Å²) in [6.45, 7) is 8.79. The van der Waals surface area contributed by atoms with Gasteiger partial charge < -0.3 is 10.2 Å². The minimum atomic E-state index is -0.682. The van der Waals surface area contributed by atoms with Crippen molar-refractivity contribution in [2.75, 3.05) is 18.1 Å². The van der Waals surface area contributed by atoms with E-state index in [1.165, 1.54) is 0 Å². The molecule has 0 aromatic heterocycles. The highest BCUT2D eigenvalue weighted by molar-refractivity contribution is 7.99. The number of piperazine rings is 1. The van der Waals surface area contributed by atoms with Crippen LogP contribution in [-0.4, -0.2) is 46.3 Å². The largest absolute Gasteiger partial charge is 0.340 e. The first-order valence-electron chi connectivity index (χ1n) is 7.77. The van der Waals surface area contributed by atoms with E-state index in [0.29, 0.717) is 19.4 Å². The summed E-state index contributed by atoms with van der Waals surface area (Å²) in [5, 5.41) is 3.00. The van der Waals surface area contributed by atoms with Crippen LogP contribution in [-0.2, 0) is 9.59 Å². The first-order chi connectivity index (χ1) is 9.56. The Morgan fingerprint density at radius 2 is 1.85 bits per heavy atom. The van der Waals surface area contributed by atoms with Crippen LogP contribution in [0.5, 0.6) is 0 Å². The number of carbonyl (C=O) groups is 2. The van der Waals surface area contributed by atoms with E-state index in [9.17, 15) is 9.59 Å². The maximum atomic E-state index is 12.8. The predicted octanol–water partition coefficient (Wildman–Crippen LogP) is 2.43. The summed E-state index contributed by atoms with van der Waals surface area (Å²) in [4.78, 5) is 27.1. The Bertz CT molecular complexity index is 343. The molecule has 1 aliphatic heterocycles. The molecule has 0 aliphatic carbocycles. The fourth-order valence-electron chi connectivity index (χ4n) is 2.78. The maximum Gasteiger partial charge on any atom is 0.249 e. The predicted molar refractivity (Wildman–Crippen MR) is 84.9 cm³/mol. The smallest absolute Gasteiger partial charge is 0.249 e. The van der Waals surface area contributed by atoms with Crippen molar-refractivity contribution in [1.29, 1.82) is 0 Å². The molecule has 2 amide bonds. The zero-order chi connectivity index (χ0) is 15.2. The molecule has 116 valence electrons. The first-order valence-corrected chi connectivity index (χ1v) is 8.92. The van der Waals surface area contributed by atoms with Crippen LogP contribution in [0.4, 0.5) is 0 Å². The van der Waals surface area contributed by atoms with Gasteiger partial charge in [0.25, 0.3) is 0 Å². The zero-order valence-electron chi connectivity index (χ0n) is 13.2. The van der Waals surface area contributed by atoms with E-state index in [0.717, 1.165) is 24.3 Å². The first kappa shape index (κ1) is 17.3. The van der Waals surface area contributed by atoms with Gasteiger partial charge in [-0.05, 0) is 25.0 Å². The Labute approximate surface area is 127 Å². The Morgan fingerprint density at radius 3 is 2.35 bits per heavy atom. The van der Waals surface area contributed by atoms with E-state index >= 15 is 0 Å². The van der Waals surface area contributed by atoms with Crippen LogP contribution in [0.25, 0.3) is 0 Å². The molecule has 0 radical (unpaired) electrons. The van der Waals surface area contributed by atoms with Gasteiger partial charge in [0.15, 0.2) is 0 Å². The second-order valence-electron chi connectivity index (χ2n) is 5.28. The molecule has 1 unspecified atom stereocenters. The number of nitrogens with one attached hydrogen (secondary N) is 1. The van der Waals surface area contributed by atoms with Crippen molar-refractivity contribution in [3.63, 3.8) is 0 Å². The summed E-state index contributed by atoms with van der Waals surface area (Å²) < 4.78 is 0. The number of nitrogens with zero attached hydrogens (tertiary/aromatic N) is 1. The molecule has 1 rings (SSSR count). The normalized spacial score (nSPS) is 22.0. The lowest BCUT2D eigenvalue weighted by atomic mass is 9.86. The van der Waals surface area contributed by atoms with Gasteiger partial charge in [0.2, 0.25) is 11.8 Å². The molecule has 20 heavy (non-hydrogen) atoms. The van der Waals surface area contributed by atoms with Crippen molar-refractivity contribution in [2.24, 2.45) is 0 Å². The van der Waals surface area contributed by atoms with Crippen molar-refractivity contribution >= 4 is 23.6 Å². The Morgan fingerprint density at radius 1 is 1.20 bits per heavy atom. The molecule has 1 N–H and O–H groups in total. The number of hydrogen-bond acceptors (Lipinski definition) is 3. The summed E-state index contributed by atoms with van der Waals surface area (Å²) in [5.74, 6) is 2.08. The fraction of sp³-hybridized carbons (Fsp3) is 0.867. The molecular weight excluding hydrogens is 272 g/mol. The van der Waals surface area contributed by atoms with E-state index in [2.05, 4.69) is 19.2 Å². The van der Waals surface area contributed by atoms with Crippen molar-refractivity contribution in [3.05, 3.63) is 0 Å². The Kier molecular flexibility index (Phi) is 6.86. The van der Waals surface area contributed by atoms with E-state index in [1.54, 1.807) is 0 Å². The van der Waals surface area contributed by atoms with Gasteiger partial charge >= 0.3 is 0 Å². The van der Waals surface area contributed by atoms with Gasteiger partial charge in [0.1, 0.15) is 11.6 Å². The molecule has 0 bridgehead atoms. The van der Waals surface area contributed by atoms with Crippen molar-refractivity contribution in [1.82, 2.24) is 10.2 Å². The van der Waals surface area contributed by atoms with Crippen molar-refractivity contribution in [3.8, 4) is 0 Å². The van der Waals surface area contributed by atoms with Gasteiger partial charge in [-0.2, -0.15) is 11.8 Å². The molecule has 0 aromatic rings. The van der Waals surface area contributed by atoms with Crippen LogP contribution in [0.3, 0.4) is 0 Å². The number of thioether (sulfide) groups is 1.